The number of nitrogens with two attached hydrogens (primary N) is 1. The number of fused-ring (bicyclic) bond motifs is 1. The lowest BCUT2D eigenvalue weighted by Crippen LogP contribution is -2.33. The standard InChI is InChI=1S/C23H24ClN7O/c1-32-21-9-3-14(10-27-21)15-2-8-20-26-12-19(31(20)13-15)22-18(24)11-28-23(30-22)29-17-6-4-16(25)5-7-17/h2-3,8-13,16-17H,4-7,25H2,1H3,(H,28,29,30)/t16-,17-. The van der Waals surface area contributed by atoms with Gasteiger partial charge in [0.2, 0.25) is 11.8 Å². The third-order valence-electron chi connectivity index (χ3n) is 5.88. The van der Waals surface area contributed by atoms with E-state index in [4.69, 9.17) is 27.1 Å². The summed E-state index contributed by atoms with van der Waals surface area (Å²) in [5.41, 5.74) is 10.2. The van der Waals surface area contributed by atoms with Crippen LogP contribution >= 0.6 is 11.6 Å². The van der Waals surface area contributed by atoms with Crippen molar-refractivity contribution in [3.63, 3.8) is 0 Å². The van der Waals surface area contributed by atoms with Crippen molar-refractivity contribution in [1.82, 2.24) is 24.3 Å². The Morgan fingerprint density at radius 3 is 2.56 bits per heavy atom. The van der Waals surface area contributed by atoms with E-state index in [9.17, 15) is 0 Å². The molecule has 0 radical (unpaired) electrons. The Bertz CT molecular complexity index is 1230. The van der Waals surface area contributed by atoms with Gasteiger partial charge in [-0.25, -0.2) is 19.9 Å². The molecule has 0 bridgehead atoms. The van der Waals surface area contributed by atoms with Gasteiger partial charge in [-0.1, -0.05) is 11.6 Å². The molecule has 1 fully saturated rings. The average Bonchev–Trinajstić information content (AvgIpc) is 3.25. The van der Waals surface area contributed by atoms with E-state index in [1.807, 2.05) is 34.9 Å². The summed E-state index contributed by atoms with van der Waals surface area (Å²) in [7, 11) is 1.60. The summed E-state index contributed by atoms with van der Waals surface area (Å²) < 4.78 is 7.14. The fourth-order valence-corrected chi connectivity index (χ4v) is 4.25. The van der Waals surface area contributed by atoms with Crippen molar-refractivity contribution in [3.05, 3.63) is 54.1 Å². The van der Waals surface area contributed by atoms with Crippen molar-refractivity contribution in [1.29, 1.82) is 0 Å². The number of pyridine rings is 2. The largest absolute Gasteiger partial charge is 0.481 e. The molecule has 3 N–H and O–H groups in total. The van der Waals surface area contributed by atoms with Crippen LogP contribution in [0.3, 0.4) is 0 Å². The molecule has 9 heteroatoms. The topological polar surface area (TPSA) is 103 Å². The number of anilines is 1. The Morgan fingerprint density at radius 1 is 1.00 bits per heavy atom. The third kappa shape index (κ3) is 4.11. The van der Waals surface area contributed by atoms with E-state index in [0.29, 0.717) is 34.6 Å². The zero-order chi connectivity index (χ0) is 22.1. The minimum absolute atomic E-state index is 0.294. The van der Waals surface area contributed by atoms with Crippen LogP contribution in [0.25, 0.3) is 28.2 Å². The van der Waals surface area contributed by atoms with Crippen molar-refractivity contribution >= 4 is 23.2 Å². The van der Waals surface area contributed by atoms with Crippen molar-refractivity contribution < 1.29 is 4.74 Å². The van der Waals surface area contributed by atoms with Crippen LogP contribution in [0.5, 0.6) is 5.88 Å². The number of nitrogens with one attached hydrogen (secondary N) is 1. The van der Waals surface area contributed by atoms with Gasteiger partial charge in [0.05, 0.1) is 30.2 Å². The van der Waals surface area contributed by atoms with Gasteiger partial charge in [0.1, 0.15) is 11.3 Å². The number of ether oxygens (including phenoxy) is 1. The first kappa shape index (κ1) is 20.7. The summed E-state index contributed by atoms with van der Waals surface area (Å²) in [5.74, 6) is 1.14. The predicted octanol–water partition coefficient (Wildman–Crippen LogP) is 4.20. The van der Waals surface area contributed by atoms with E-state index >= 15 is 0 Å². The van der Waals surface area contributed by atoms with Gasteiger partial charge >= 0.3 is 0 Å². The van der Waals surface area contributed by atoms with Gasteiger partial charge in [0.25, 0.3) is 0 Å². The zero-order valence-corrected chi connectivity index (χ0v) is 18.5. The lowest BCUT2D eigenvalue weighted by Gasteiger charge is -2.26. The second-order valence-corrected chi connectivity index (χ2v) is 8.43. The minimum atomic E-state index is 0.294. The highest BCUT2D eigenvalue weighted by Crippen LogP contribution is 2.30. The Balaban J connectivity index is 1.48. The molecule has 1 aliphatic rings. The van der Waals surface area contributed by atoms with Crippen LogP contribution in [0.1, 0.15) is 25.7 Å². The monoisotopic (exact) mass is 449 g/mol. The Morgan fingerprint density at radius 2 is 1.81 bits per heavy atom. The number of halogens is 1. The maximum absolute atomic E-state index is 6.51. The number of aromatic nitrogens is 5. The van der Waals surface area contributed by atoms with Crippen LogP contribution in [0.4, 0.5) is 5.95 Å². The van der Waals surface area contributed by atoms with E-state index in [0.717, 1.165) is 48.2 Å². The van der Waals surface area contributed by atoms with E-state index in [2.05, 4.69) is 20.3 Å². The summed E-state index contributed by atoms with van der Waals surface area (Å²) in [4.78, 5) is 17.9. The molecular formula is C23H24ClN7O. The first-order chi connectivity index (χ1) is 15.6. The second kappa shape index (κ2) is 8.72. The molecule has 0 unspecified atom stereocenters. The van der Waals surface area contributed by atoms with Gasteiger partial charge in [-0.15, -0.1) is 0 Å². The van der Waals surface area contributed by atoms with Crippen LogP contribution in [-0.2, 0) is 0 Å². The summed E-state index contributed by atoms with van der Waals surface area (Å²) in [5, 5.41) is 3.91. The molecular weight excluding hydrogens is 426 g/mol. The van der Waals surface area contributed by atoms with Gasteiger partial charge in [-0.3, -0.25) is 4.40 Å². The van der Waals surface area contributed by atoms with E-state index in [-0.39, 0.29) is 0 Å². The van der Waals surface area contributed by atoms with Gasteiger partial charge in [0, 0.05) is 41.7 Å². The molecule has 1 aliphatic carbocycles. The number of rotatable bonds is 5. The molecule has 4 heterocycles. The van der Waals surface area contributed by atoms with E-state index in [1.165, 1.54) is 0 Å². The molecule has 0 spiro atoms. The van der Waals surface area contributed by atoms with Gasteiger partial charge < -0.3 is 15.8 Å². The number of nitrogens with zero attached hydrogens (tertiary/aromatic N) is 5. The molecule has 0 atom stereocenters. The SMILES string of the molecule is COc1ccc(-c2ccc3ncc(-c4nc(N[C@H]5CC[C@H](N)CC5)ncc4Cl)n3c2)cn1. The summed E-state index contributed by atoms with van der Waals surface area (Å²) >= 11 is 6.51. The van der Waals surface area contributed by atoms with E-state index in [1.54, 1.807) is 25.7 Å². The minimum Gasteiger partial charge on any atom is -0.481 e. The molecule has 32 heavy (non-hydrogen) atoms. The smallest absolute Gasteiger partial charge is 0.223 e. The van der Waals surface area contributed by atoms with Crippen LogP contribution in [0, 0.1) is 0 Å². The van der Waals surface area contributed by atoms with E-state index < -0.39 is 0 Å². The van der Waals surface area contributed by atoms with Crippen molar-refractivity contribution in [3.8, 4) is 28.4 Å². The average molecular weight is 450 g/mol. The molecule has 4 aromatic heterocycles. The van der Waals surface area contributed by atoms with Crippen molar-refractivity contribution in [2.75, 3.05) is 12.4 Å². The number of methoxy groups -OCH3 is 1. The molecule has 0 aliphatic heterocycles. The fraction of sp³-hybridized carbons (Fsp3) is 0.304. The molecule has 4 aromatic rings. The summed E-state index contributed by atoms with van der Waals surface area (Å²) in [6.07, 6.45) is 11.2. The summed E-state index contributed by atoms with van der Waals surface area (Å²) in [6.45, 7) is 0. The highest BCUT2D eigenvalue weighted by molar-refractivity contribution is 6.32. The van der Waals surface area contributed by atoms with Crippen molar-refractivity contribution in [2.45, 2.75) is 37.8 Å². The molecule has 1 saturated carbocycles. The lowest BCUT2D eigenvalue weighted by molar-refractivity contribution is 0.398. The fourth-order valence-electron chi connectivity index (χ4n) is 4.06. The number of hydrogen-bond donors (Lipinski definition) is 2. The third-order valence-corrected chi connectivity index (χ3v) is 6.15. The molecule has 164 valence electrons. The van der Waals surface area contributed by atoms with Crippen LogP contribution < -0.4 is 15.8 Å². The second-order valence-electron chi connectivity index (χ2n) is 8.02. The quantitative estimate of drug-likeness (QED) is 0.470. The number of imidazole rings is 1. The zero-order valence-electron chi connectivity index (χ0n) is 17.7. The van der Waals surface area contributed by atoms with Crippen LogP contribution in [0.2, 0.25) is 5.02 Å². The predicted molar refractivity (Wildman–Crippen MR) is 125 cm³/mol. The van der Waals surface area contributed by atoms with Crippen molar-refractivity contribution in [2.24, 2.45) is 5.73 Å². The highest BCUT2D eigenvalue weighted by Gasteiger charge is 2.20. The molecule has 5 rings (SSSR count). The Hall–Kier alpha value is -3.23. The molecule has 8 nitrogen and oxygen atoms in total. The first-order valence-electron chi connectivity index (χ1n) is 10.6. The first-order valence-corrected chi connectivity index (χ1v) is 11.0. The molecule has 0 aromatic carbocycles. The van der Waals surface area contributed by atoms with Gasteiger partial charge in [0.15, 0.2) is 0 Å². The Labute approximate surface area is 190 Å². The Kier molecular flexibility index (Phi) is 5.63. The normalized spacial score (nSPS) is 18.6. The maximum Gasteiger partial charge on any atom is 0.223 e. The highest BCUT2D eigenvalue weighted by atomic mass is 35.5. The van der Waals surface area contributed by atoms with Crippen LogP contribution in [0.15, 0.2) is 49.1 Å². The lowest BCUT2D eigenvalue weighted by atomic mass is 9.92. The molecule has 0 amide bonds. The van der Waals surface area contributed by atoms with Crippen LogP contribution in [-0.4, -0.2) is 43.5 Å². The molecule has 0 saturated heterocycles. The number of hydrogen-bond acceptors (Lipinski definition) is 7. The maximum atomic E-state index is 6.51. The summed E-state index contributed by atoms with van der Waals surface area (Å²) in [6, 6.07) is 8.40. The van der Waals surface area contributed by atoms with Gasteiger partial charge in [-0.2, -0.15) is 0 Å². The van der Waals surface area contributed by atoms with Gasteiger partial charge in [-0.05, 0) is 43.9 Å².